The Morgan fingerprint density at radius 1 is 1.14 bits per heavy atom. The van der Waals surface area contributed by atoms with E-state index in [0.29, 0.717) is 6.04 Å². The molecule has 0 aliphatic carbocycles. The van der Waals surface area contributed by atoms with Crippen molar-refractivity contribution in [2.45, 2.75) is 39.5 Å². The summed E-state index contributed by atoms with van der Waals surface area (Å²) in [4.78, 5) is 3.62. The molecule has 2 rings (SSSR count). The number of hydrogen-bond acceptors (Lipinski definition) is 3. The summed E-state index contributed by atoms with van der Waals surface area (Å²) in [5.41, 5.74) is 2.69. The van der Waals surface area contributed by atoms with Gasteiger partial charge >= 0.3 is 0 Å². The van der Waals surface area contributed by atoms with Crippen molar-refractivity contribution in [1.82, 2.24) is 10.2 Å². The van der Waals surface area contributed by atoms with Crippen molar-refractivity contribution < 1.29 is 0 Å². The fourth-order valence-corrected chi connectivity index (χ4v) is 3.40. The standard InChI is InChI=1S/C17H23ClN2S/c1-13(2)19-10-14-5-4-6-15(9-14)11-20(3)12-16-7-8-17(18)21-16/h4-9,13,19H,10-12H2,1-3H3. The molecule has 0 aliphatic heterocycles. The van der Waals surface area contributed by atoms with E-state index in [1.807, 2.05) is 6.07 Å². The smallest absolute Gasteiger partial charge is 0.0931 e. The minimum Gasteiger partial charge on any atom is -0.310 e. The first-order chi connectivity index (χ1) is 10.0. The second-order valence-corrected chi connectivity index (χ2v) is 7.53. The van der Waals surface area contributed by atoms with E-state index < -0.39 is 0 Å². The Bertz CT molecular complexity index is 565. The second-order valence-electron chi connectivity index (χ2n) is 5.73. The molecule has 1 aromatic heterocycles. The lowest BCUT2D eigenvalue weighted by atomic mass is 10.1. The molecular weight excluding hydrogens is 300 g/mol. The van der Waals surface area contributed by atoms with Gasteiger partial charge in [0, 0.05) is 30.6 Å². The van der Waals surface area contributed by atoms with Crippen LogP contribution in [0.3, 0.4) is 0 Å². The van der Waals surface area contributed by atoms with Gasteiger partial charge in [0.05, 0.1) is 4.34 Å². The molecule has 2 nitrogen and oxygen atoms in total. The van der Waals surface area contributed by atoms with Gasteiger partial charge in [0.1, 0.15) is 0 Å². The van der Waals surface area contributed by atoms with Crippen LogP contribution in [0.25, 0.3) is 0 Å². The molecule has 4 heteroatoms. The number of halogens is 1. The first kappa shape index (κ1) is 16.5. The summed E-state index contributed by atoms with van der Waals surface area (Å²) in [5.74, 6) is 0. The number of rotatable bonds is 7. The van der Waals surface area contributed by atoms with Crippen LogP contribution in [0.15, 0.2) is 36.4 Å². The van der Waals surface area contributed by atoms with Gasteiger partial charge < -0.3 is 5.32 Å². The highest BCUT2D eigenvalue weighted by molar-refractivity contribution is 7.16. The number of benzene rings is 1. The van der Waals surface area contributed by atoms with Gasteiger partial charge in [-0.25, -0.2) is 0 Å². The molecule has 0 amide bonds. The van der Waals surface area contributed by atoms with E-state index in [2.05, 4.69) is 61.4 Å². The molecule has 0 saturated carbocycles. The predicted molar refractivity (Wildman–Crippen MR) is 92.9 cm³/mol. The van der Waals surface area contributed by atoms with Crippen molar-refractivity contribution in [2.75, 3.05) is 7.05 Å². The van der Waals surface area contributed by atoms with Gasteiger partial charge in [-0.15, -0.1) is 11.3 Å². The van der Waals surface area contributed by atoms with E-state index in [1.165, 1.54) is 16.0 Å². The van der Waals surface area contributed by atoms with Crippen molar-refractivity contribution in [3.8, 4) is 0 Å². The first-order valence-electron chi connectivity index (χ1n) is 7.27. The summed E-state index contributed by atoms with van der Waals surface area (Å²) >= 11 is 7.63. The third-order valence-corrected chi connectivity index (χ3v) is 4.43. The molecule has 0 saturated heterocycles. The highest BCUT2D eigenvalue weighted by Crippen LogP contribution is 2.22. The zero-order valence-corrected chi connectivity index (χ0v) is 14.5. The Labute approximate surface area is 136 Å². The lowest BCUT2D eigenvalue weighted by molar-refractivity contribution is 0.322. The molecule has 1 aromatic carbocycles. The van der Waals surface area contributed by atoms with Crippen LogP contribution < -0.4 is 5.32 Å². The molecule has 0 atom stereocenters. The Morgan fingerprint density at radius 2 is 1.90 bits per heavy atom. The molecule has 1 heterocycles. The minimum absolute atomic E-state index is 0.514. The highest BCUT2D eigenvalue weighted by Gasteiger charge is 2.05. The third-order valence-electron chi connectivity index (χ3n) is 3.21. The van der Waals surface area contributed by atoms with Crippen molar-refractivity contribution in [1.29, 1.82) is 0 Å². The van der Waals surface area contributed by atoms with Crippen molar-refractivity contribution >= 4 is 22.9 Å². The van der Waals surface area contributed by atoms with Gasteiger partial charge in [0.2, 0.25) is 0 Å². The van der Waals surface area contributed by atoms with E-state index in [4.69, 9.17) is 11.6 Å². The molecule has 114 valence electrons. The molecule has 21 heavy (non-hydrogen) atoms. The Morgan fingerprint density at radius 3 is 2.57 bits per heavy atom. The van der Waals surface area contributed by atoms with Crippen molar-refractivity contribution in [3.63, 3.8) is 0 Å². The van der Waals surface area contributed by atoms with E-state index in [9.17, 15) is 0 Å². The Hall–Kier alpha value is -0.870. The SMILES string of the molecule is CC(C)NCc1cccc(CN(C)Cc2ccc(Cl)s2)c1. The molecule has 0 bridgehead atoms. The fourth-order valence-electron chi connectivity index (χ4n) is 2.23. The van der Waals surface area contributed by atoms with Crippen LogP contribution in [0, 0.1) is 0 Å². The highest BCUT2D eigenvalue weighted by atomic mass is 35.5. The van der Waals surface area contributed by atoms with Crippen LogP contribution in [-0.4, -0.2) is 18.0 Å². The van der Waals surface area contributed by atoms with Gasteiger partial charge in [-0.1, -0.05) is 49.7 Å². The van der Waals surface area contributed by atoms with Crippen LogP contribution in [0.5, 0.6) is 0 Å². The molecule has 0 aliphatic rings. The normalized spacial score (nSPS) is 11.5. The Balaban J connectivity index is 1.91. The molecule has 0 spiro atoms. The maximum absolute atomic E-state index is 5.98. The number of hydrogen-bond donors (Lipinski definition) is 1. The minimum atomic E-state index is 0.514. The van der Waals surface area contributed by atoms with Crippen LogP contribution >= 0.6 is 22.9 Å². The van der Waals surface area contributed by atoms with Crippen molar-refractivity contribution in [3.05, 3.63) is 56.7 Å². The predicted octanol–water partition coefficient (Wildman–Crippen LogP) is 4.53. The maximum atomic E-state index is 5.98. The van der Waals surface area contributed by atoms with Gasteiger partial charge in [0.25, 0.3) is 0 Å². The lowest BCUT2D eigenvalue weighted by Crippen LogP contribution is -2.22. The van der Waals surface area contributed by atoms with Gasteiger partial charge in [-0.3, -0.25) is 4.90 Å². The second kappa shape index (κ2) is 7.95. The average molecular weight is 323 g/mol. The number of nitrogens with one attached hydrogen (secondary N) is 1. The zero-order valence-electron chi connectivity index (χ0n) is 12.9. The molecular formula is C17H23ClN2S. The summed E-state index contributed by atoms with van der Waals surface area (Å²) in [6, 6.07) is 13.4. The van der Waals surface area contributed by atoms with Gasteiger partial charge in [-0.05, 0) is 30.3 Å². The molecule has 0 radical (unpaired) electrons. The summed E-state index contributed by atoms with van der Waals surface area (Å²) < 4.78 is 0.861. The average Bonchev–Trinajstić information content (AvgIpc) is 2.82. The van der Waals surface area contributed by atoms with Crippen LogP contribution in [0.4, 0.5) is 0 Å². The first-order valence-corrected chi connectivity index (χ1v) is 8.46. The summed E-state index contributed by atoms with van der Waals surface area (Å²) in [5, 5.41) is 3.46. The molecule has 2 aromatic rings. The van der Waals surface area contributed by atoms with E-state index >= 15 is 0 Å². The maximum Gasteiger partial charge on any atom is 0.0931 e. The van der Waals surface area contributed by atoms with Crippen LogP contribution in [0.1, 0.15) is 29.9 Å². The number of nitrogens with zero attached hydrogens (tertiary/aromatic N) is 1. The van der Waals surface area contributed by atoms with E-state index in [1.54, 1.807) is 11.3 Å². The monoisotopic (exact) mass is 322 g/mol. The van der Waals surface area contributed by atoms with Gasteiger partial charge in [-0.2, -0.15) is 0 Å². The molecule has 0 fully saturated rings. The van der Waals surface area contributed by atoms with E-state index in [-0.39, 0.29) is 0 Å². The third kappa shape index (κ3) is 5.79. The summed E-state index contributed by atoms with van der Waals surface area (Å²) in [6.07, 6.45) is 0. The lowest BCUT2D eigenvalue weighted by Gasteiger charge is -2.16. The fraction of sp³-hybridized carbons (Fsp3) is 0.412. The van der Waals surface area contributed by atoms with Crippen LogP contribution in [0.2, 0.25) is 4.34 Å². The van der Waals surface area contributed by atoms with Crippen LogP contribution in [-0.2, 0) is 19.6 Å². The zero-order chi connectivity index (χ0) is 15.2. The number of thiophene rings is 1. The van der Waals surface area contributed by atoms with Crippen molar-refractivity contribution in [2.24, 2.45) is 0 Å². The largest absolute Gasteiger partial charge is 0.310 e. The quantitative estimate of drug-likeness (QED) is 0.805. The summed E-state index contributed by atoms with van der Waals surface area (Å²) in [7, 11) is 2.15. The molecule has 0 unspecified atom stereocenters. The van der Waals surface area contributed by atoms with E-state index in [0.717, 1.165) is 24.0 Å². The Kier molecular flexibility index (Phi) is 6.24. The summed E-state index contributed by atoms with van der Waals surface area (Å²) in [6.45, 7) is 7.15. The topological polar surface area (TPSA) is 15.3 Å². The molecule has 1 N–H and O–H groups in total. The van der Waals surface area contributed by atoms with Gasteiger partial charge in [0.15, 0.2) is 0 Å².